The van der Waals surface area contributed by atoms with Gasteiger partial charge in [0.25, 0.3) is 5.91 Å². The molecule has 3 aliphatic rings. The highest BCUT2D eigenvalue weighted by Gasteiger charge is 2.66. The zero-order valence-electron chi connectivity index (χ0n) is 22.0. The second-order valence-electron chi connectivity index (χ2n) is 10.8. The second-order valence-corrected chi connectivity index (χ2v) is 14.7. The molecule has 2 aromatic rings. The summed E-state index contributed by atoms with van der Waals surface area (Å²) in [6, 6.07) is 5.54. The lowest BCUT2D eigenvalue weighted by molar-refractivity contribution is -0.145. The maximum absolute atomic E-state index is 14.2. The van der Waals surface area contributed by atoms with Crippen molar-refractivity contribution in [3.63, 3.8) is 0 Å². The van der Waals surface area contributed by atoms with Gasteiger partial charge in [0, 0.05) is 55.0 Å². The summed E-state index contributed by atoms with van der Waals surface area (Å²) in [5.74, 6) is -0.500. The van der Waals surface area contributed by atoms with Crippen LogP contribution in [0.4, 0.5) is 16.2 Å². The summed E-state index contributed by atoms with van der Waals surface area (Å²) >= 11 is 0. The smallest absolute Gasteiger partial charge is 0.414 e. The van der Waals surface area contributed by atoms with E-state index in [1.54, 1.807) is 26.8 Å². The molecule has 1 aromatic carbocycles. The molecule has 0 unspecified atom stereocenters. The SMILES string of the molecule is C=CCN1C(=O)[C@]2(O[C@H](CCn3cc(CCO)nn3)[C@@H]([Si](C)(C)O)[C@@H]2C)c2cc(N3CCOC3=O)ccc21. The number of aliphatic hydroxyl groups is 1. The fourth-order valence-corrected chi connectivity index (χ4v) is 8.98. The van der Waals surface area contributed by atoms with Gasteiger partial charge in [-0.05, 0) is 37.7 Å². The van der Waals surface area contributed by atoms with E-state index in [2.05, 4.69) is 16.9 Å². The summed E-state index contributed by atoms with van der Waals surface area (Å²) in [4.78, 5) is 41.1. The Labute approximate surface area is 222 Å². The standard InChI is InChI=1S/C26H35N5O6Si/c1-5-10-31-21-7-6-19(30-12-14-36-25(30)34)15-20(21)26(24(31)33)17(2)23(38(3,4)35)22(37-26)8-11-29-16-18(9-13-32)27-28-29/h5-7,15-17,22-23,32,35H,1,8-14H2,2-4H3/t17-,22+,23-,26+/m0/s1. The lowest BCUT2D eigenvalue weighted by Crippen LogP contribution is -2.46. The third-order valence-corrected chi connectivity index (χ3v) is 10.5. The first-order chi connectivity index (χ1) is 18.1. The molecule has 3 aliphatic heterocycles. The number of cyclic esters (lactones) is 1. The Balaban J connectivity index is 1.53. The molecule has 2 saturated heterocycles. The van der Waals surface area contributed by atoms with Gasteiger partial charge in [-0.25, -0.2) is 4.79 Å². The molecule has 1 aromatic heterocycles. The maximum Gasteiger partial charge on any atom is 0.414 e. The molecule has 0 radical (unpaired) electrons. The summed E-state index contributed by atoms with van der Waals surface area (Å²) in [7, 11) is -2.81. The van der Waals surface area contributed by atoms with Crippen LogP contribution in [-0.2, 0) is 32.8 Å². The number of benzene rings is 1. The van der Waals surface area contributed by atoms with Crippen molar-refractivity contribution in [1.29, 1.82) is 0 Å². The van der Waals surface area contributed by atoms with Gasteiger partial charge < -0.3 is 24.3 Å². The Kier molecular flexibility index (Phi) is 6.92. The van der Waals surface area contributed by atoms with Gasteiger partial charge in [-0.15, -0.1) is 11.7 Å². The van der Waals surface area contributed by atoms with Crippen LogP contribution in [0.15, 0.2) is 37.1 Å². The van der Waals surface area contributed by atoms with E-state index in [9.17, 15) is 19.5 Å². The molecule has 0 bridgehead atoms. The number of fused-ring (bicyclic) bond motifs is 2. The van der Waals surface area contributed by atoms with E-state index in [4.69, 9.17) is 9.47 Å². The number of aliphatic hydroxyl groups excluding tert-OH is 1. The van der Waals surface area contributed by atoms with Crippen molar-refractivity contribution in [2.24, 2.45) is 5.92 Å². The third-order valence-electron chi connectivity index (χ3n) is 7.95. The number of hydrogen-bond acceptors (Lipinski definition) is 8. The first-order valence-electron chi connectivity index (χ1n) is 13.0. The van der Waals surface area contributed by atoms with E-state index in [1.165, 1.54) is 0 Å². The fraction of sp³-hybridized carbons (Fsp3) is 0.538. The molecule has 12 heteroatoms. The summed E-state index contributed by atoms with van der Waals surface area (Å²) in [6.45, 7) is 11.1. The molecule has 0 saturated carbocycles. The van der Waals surface area contributed by atoms with Gasteiger partial charge in [-0.2, -0.15) is 0 Å². The lowest BCUT2D eigenvalue weighted by atomic mass is 9.82. The highest BCUT2D eigenvalue weighted by atomic mass is 28.4. The Morgan fingerprint density at radius 2 is 2.11 bits per heavy atom. The van der Waals surface area contributed by atoms with Crippen LogP contribution in [0.3, 0.4) is 0 Å². The van der Waals surface area contributed by atoms with Gasteiger partial charge in [-0.3, -0.25) is 14.4 Å². The van der Waals surface area contributed by atoms with Crippen LogP contribution in [0.5, 0.6) is 0 Å². The maximum atomic E-state index is 14.2. The van der Waals surface area contributed by atoms with Gasteiger partial charge in [0.1, 0.15) is 6.61 Å². The first-order valence-corrected chi connectivity index (χ1v) is 16.1. The minimum atomic E-state index is -2.81. The van der Waals surface area contributed by atoms with E-state index >= 15 is 0 Å². The van der Waals surface area contributed by atoms with Crippen LogP contribution in [-0.4, -0.2) is 77.6 Å². The molecule has 38 heavy (non-hydrogen) atoms. The predicted molar refractivity (Wildman–Crippen MR) is 142 cm³/mol. The molecular formula is C26H35N5O6Si. The van der Waals surface area contributed by atoms with Crippen molar-refractivity contribution in [2.45, 2.75) is 56.7 Å². The molecule has 4 atom stereocenters. The zero-order chi connectivity index (χ0) is 27.2. The van der Waals surface area contributed by atoms with Crippen LogP contribution in [0.2, 0.25) is 18.6 Å². The van der Waals surface area contributed by atoms with Crippen LogP contribution >= 0.6 is 0 Å². The molecule has 1 spiro atoms. The molecule has 11 nitrogen and oxygen atoms in total. The van der Waals surface area contributed by atoms with Gasteiger partial charge in [0.2, 0.25) is 0 Å². The summed E-state index contributed by atoms with van der Waals surface area (Å²) < 4.78 is 13.7. The van der Waals surface area contributed by atoms with E-state index in [1.807, 2.05) is 38.2 Å². The molecule has 2 N–H and O–H groups in total. The van der Waals surface area contributed by atoms with Crippen molar-refractivity contribution < 1.29 is 29.0 Å². The number of amides is 2. The number of rotatable bonds is 9. The minimum Gasteiger partial charge on any atom is -0.447 e. The summed E-state index contributed by atoms with van der Waals surface area (Å²) in [5.41, 5.74) is 1.24. The molecule has 4 heterocycles. The number of nitrogens with zero attached hydrogens (tertiary/aromatic N) is 5. The summed E-state index contributed by atoms with van der Waals surface area (Å²) in [5, 5.41) is 17.4. The Morgan fingerprint density at radius 1 is 1.32 bits per heavy atom. The Morgan fingerprint density at radius 3 is 2.76 bits per heavy atom. The van der Waals surface area contributed by atoms with Crippen LogP contribution in [0, 0.1) is 5.92 Å². The first kappa shape index (κ1) is 26.5. The molecule has 0 aliphatic carbocycles. The van der Waals surface area contributed by atoms with Crippen molar-refractivity contribution in [2.75, 3.05) is 36.1 Å². The van der Waals surface area contributed by atoms with Crippen LogP contribution < -0.4 is 9.80 Å². The topological polar surface area (TPSA) is 130 Å². The number of carbonyl (C=O) groups excluding carboxylic acids is 2. The largest absolute Gasteiger partial charge is 0.447 e. The van der Waals surface area contributed by atoms with Gasteiger partial charge >= 0.3 is 6.09 Å². The van der Waals surface area contributed by atoms with Crippen LogP contribution in [0.25, 0.3) is 0 Å². The average molecular weight is 542 g/mol. The van der Waals surface area contributed by atoms with E-state index < -0.39 is 26.1 Å². The van der Waals surface area contributed by atoms with Crippen molar-refractivity contribution in [1.82, 2.24) is 15.0 Å². The lowest BCUT2D eigenvalue weighted by Gasteiger charge is -2.32. The molecular weight excluding hydrogens is 506 g/mol. The number of carbonyl (C=O) groups is 2. The van der Waals surface area contributed by atoms with E-state index in [-0.39, 0.29) is 24.0 Å². The normalized spacial score (nSPS) is 26.9. The fourth-order valence-electron chi connectivity index (χ4n) is 6.38. The van der Waals surface area contributed by atoms with Crippen molar-refractivity contribution in [3.05, 3.63) is 48.3 Å². The quantitative estimate of drug-likeness (QED) is 0.365. The zero-order valence-corrected chi connectivity index (χ0v) is 23.0. The number of anilines is 2. The van der Waals surface area contributed by atoms with Crippen LogP contribution in [0.1, 0.15) is 24.6 Å². The molecule has 204 valence electrons. The van der Waals surface area contributed by atoms with Gasteiger partial charge in [0.15, 0.2) is 13.9 Å². The number of aromatic nitrogens is 3. The Bertz CT molecular complexity index is 1240. The number of ether oxygens (including phenoxy) is 2. The summed E-state index contributed by atoms with van der Waals surface area (Å²) in [6.07, 6.45) is 3.61. The predicted octanol–water partition coefficient (Wildman–Crippen LogP) is 2.19. The number of hydrogen-bond donors (Lipinski definition) is 2. The third kappa shape index (κ3) is 4.25. The molecule has 5 rings (SSSR count). The highest BCUT2D eigenvalue weighted by Crippen LogP contribution is 2.60. The van der Waals surface area contributed by atoms with Crippen molar-refractivity contribution >= 4 is 31.7 Å². The molecule has 2 amide bonds. The van der Waals surface area contributed by atoms with E-state index in [0.717, 1.165) is 5.69 Å². The second kappa shape index (κ2) is 9.91. The average Bonchev–Trinajstić information content (AvgIpc) is 3.61. The number of aryl methyl sites for hydroxylation is 1. The molecule has 2 fully saturated rings. The van der Waals surface area contributed by atoms with Gasteiger partial charge in [0.05, 0.1) is 24.0 Å². The van der Waals surface area contributed by atoms with E-state index in [0.29, 0.717) is 56.0 Å². The minimum absolute atomic E-state index is 0.00327. The Hall–Kier alpha value is -3.06. The highest BCUT2D eigenvalue weighted by molar-refractivity contribution is 6.71. The van der Waals surface area contributed by atoms with Gasteiger partial charge in [-0.1, -0.05) is 18.2 Å². The van der Waals surface area contributed by atoms with Crippen molar-refractivity contribution in [3.8, 4) is 0 Å². The monoisotopic (exact) mass is 541 g/mol.